The number of ether oxygens (including phenoxy) is 2. The van der Waals surface area contributed by atoms with Crippen molar-refractivity contribution in [2.24, 2.45) is 0 Å². The summed E-state index contributed by atoms with van der Waals surface area (Å²) in [5.74, 6) is 0.349. The van der Waals surface area contributed by atoms with E-state index in [2.05, 4.69) is 5.32 Å². The van der Waals surface area contributed by atoms with Gasteiger partial charge in [-0.05, 0) is 47.9 Å². The molecule has 0 bridgehead atoms. The highest BCUT2D eigenvalue weighted by atomic mass is 16.5. The molecule has 0 unspecified atom stereocenters. The second kappa shape index (κ2) is 6.52. The zero-order chi connectivity index (χ0) is 16.2. The Bertz CT molecular complexity index is 754. The maximum Gasteiger partial charge on any atom is 0.338 e. The Morgan fingerprint density at radius 1 is 1.17 bits per heavy atom. The van der Waals surface area contributed by atoms with Gasteiger partial charge in [-0.2, -0.15) is 0 Å². The van der Waals surface area contributed by atoms with Gasteiger partial charge in [-0.1, -0.05) is 12.1 Å². The molecular formula is C18H17NO4. The van der Waals surface area contributed by atoms with Gasteiger partial charge in [0.2, 0.25) is 5.91 Å². The molecule has 118 valence electrons. The number of esters is 1. The van der Waals surface area contributed by atoms with E-state index in [0.29, 0.717) is 18.4 Å². The zero-order valence-electron chi connectivity index (χ0n) is 12.8. The van der Waals surface area contributed by atoms with Crippen LogP contribution in [0.25, 0.3) is 0 Å². The number of benzene rings is 2. The van der Waals surface area contributed by atoms with Crippen LogP contribution in [0.4, 0.5) is 5.69 Å². The fraction of sp³-hybridized carbons (Fsp3) is 0.222. The minimum absolute atomic E-state index is 0.00542. The van der Waals surface area contributed by atoms with Crippen molar-refractivity contribution in [3.05, 3.63) is 59.2 Å². The minimum Gasteiger partial charge on any atom is -0.497 e. The molecule has 0 radical (unpaired) electrons. The number of amides is 1. The van der Waals surface area contributed by atoms with Crippen molar-refractivity contribution >= 4 is 17.6 Å². The zero-order valence-corrected chi connectivity index (χ0v) is 12.8. The van der Waals surface area contributed by atoms with Gasteiger partial charge >= 0.3 is 5.97 Å². The molecule has 1 amide bonds. The van der Waals surface area contributed by atoms with Crippen molar-refractivity contribution in [1.82, 2.24) is 0 Å². The van der Waals surface area contributed by atoms with E-state index in [1.54, 1.807) is 25.3 Å². The normalized spacial score (nSPS) is 13.0. The molecule has 5 nitrogen and oxygen atoms in total. The van der Waals surface area contributed by atoms with Crippen molar-refractivity contribution in [2.45, 2.75) is 19.4 Å². The summed E-state index contributed by atoms with van der Waals surface area (Å²) in [6, 6.07) is 12.6. The van der Waals surface area contributed by atoms with E-state index in [1.165, 1.54) is 0 Å². The lowest BCUT2D eigenvalue weighted by atomic mass is 10.0. The topological polar surface area (TPSA) is 64.6 Å². The first kappa shape index (κ1) is 15.1. The van der Waals surface area contributed by atoms with E-state index in [9.17, 15) is 9.59 Å². The van der Waals surface area contributed by atoms with Gasteiger partial charge in [0.05, 0.1) is 12.7 Å². The third-order valence-corrected chi connectivity index (χ3v) is 3.74. The van der Waals surface area contributed by atoms with E-state index in [0.717, 1.165) is 22.6 Å². The Kier molecular flexibility index (Phi) is 4.28. The Balaban J connectivity index is 1.67. The maximum absolute atomic E-state index is 12.2. The lowest BCUT2D eigenvalue weighted by Crippen LogP contribution is -2.19. The fourth-order valence-corrected chi connectivity index (χ4v) is 2.50. The number of hydrogen-bond acceptors (Lipinski definition) is 4. The Morgan fingerprint density at radius 2 is 2.04 bits per heavy atom. The van der Waals surface area contributed by atoms with Gasteiger partial charge in [-0.25, -0.2) is 4.79 Å². The summed E-state index contributed by atoms with van der Waals surface area (Å²) in [5.41, 5.74) is 3.08. The molecular weight excluding hydrogens is 294 g/mol. The summed E-state index contributed by atoms with van der Waals surface area (Å²) in [5, 5.41) is 2.79. The highest BCUT2D eigenvalue weighted by Gasteiger charge is 2.17. The van der Waals surface area contributed by atoms with Crippen LogP contribution in [-0.2, 0) is 22.6 Å². The first-order valence-electron chi connectivity index (χ1n) is 7.38. The van der Waals surface area contributed by atoms with Crippen LogP contribution in [0.2, 0.25) is 0 Å². The van der Waals surface area contributed by atoms with Crippen molar-refractivity contribution in [3.63, 3.8) is 0 Å². The van der Waals surface area contributed by atoms with Crippen molar-refractivity contribution in [2.75, 3.05) is 12.4 Å². The van der Waals surface area contributed by atoms with Crippen LogP contribution >= 0.6 is 0 Å². The molecule has 2 aromatic carbocycles. The Labute approximate surface area is 134 Å². The molecule has 1 N–H and O–H groups in total. The SMILES string of the molecule is COc1cccc(COC(=O)c2ccc3c(c2)CCC(=O)N3)c1. The molecule has 1 heterocycles. The average molecular weight is 311 g/mol. The standard InChI is InChI=1S/C18H17NO4/c1-22-15-4-2-3-12(9-15)11-23-18(21)14-5-7-16-13(10-14)6-8-17(20)19-16/h2-5,7,9-10H,6,8,11H2,1H3,(H,19,20). The molecule has 5 heteroatoms. The van der Waals surface area contributed by atoms with E-state index < -0.39 is 0 Å². The van der Waals surface area contributed by atoms with E-state index in [4.69, 9.17) is 9.47 Å². The fourth-order valence-electron chi connectivity index (χ4n) is 2.50. The minimum atomic E-state index is -0.382. The highest BCUT2D eigenvalue weighted by molar-refractivity contribution is 5.96. The summed E-state index contributed by atoms with van der Waals surface area (Å²) in [7, 11) is 1.59. The first-order valence-corrected chi connectivity index (χ1v) is 7.38. The van der Waals surface area contributed by atoms with Crippen LogP contribution in [0, 0.1) is 0 Å². The molecule has 0 saturated heterocycles. The monoisotopic (exact) mass is 311 g/mol. The molecule has 23 heavy (non-hydrogen) atoms. The van der Waals surface area contributed by atoms with Crippen LogP contribution in [0.5, 0.6) is 5.75 Å². The predicted octanol–water partition coefficient (Wildman–Crippen LogP) is 2.94. The summed E-state index contributed by atoms with van der Waals surface area (Å²) >= 11 is 0. The number of hydrogen-bond donors (Lipinski definition) is 1. The number of nitrogens with one attached hydrogen (secondary N) is 1. The maximum atomic E-state index is 12.2. The molecule has 0 spiro atoms. The van der Waals surface area contributed by atoms with Gasteiger partial charge < -0.3 is 14.8 Å². The number of aryl methyl sites for hydroxylation is 1. The summed E-state index contributed by atoms with van der Waals surface area (Å²) < 4.78 is 10.5. The number of carbonyl (C=O) groups is 2. The van der Waals surface area contributed by atoms with Gasteiger partial charge in [0.25, 0.3) is 0 Å². The summed E-state index contributed by atoms with van der Waals surface area (Å²) in [6.07, 6.45) is 1.08. The van der Waals surface area contributed by atoms with Crippen molar-refractivity contribution < 1.29 is 19.1 Å². The third-order valence-electron chi connectivity index (χ3n) is 3.74. The van der Waals surface area contributed by atoms with E-state index >= 15 is 0 Å². The largest absolute Gasteiger partial charge is 0.497 e. The Morgan fingerprint density at radius 3 is 2.87 bits per heavy atom. The molecule has 3 rings (SSSR count). The highest BCUT2D eigenvalue weighted by Crippen LogP contribution is 2.24. The first-order chi connectivity index (χ1) is 11.2. The lowest BCUT2D eigenvalue weighted by Gasteiger charge is -2.17. The van der Waals surface area contributed by atoms with Gasteiger partial charge in [-0.3, -0.25) is 4.79 Å². The number of carbonyl (C=O) groups excluding carboxylic acids is 2. The molecule has 0 aliphatic carbocycles. The second-order valence-electron chi connectivity index (χ2n) is 5.35. The molecule has 1 aliphatic heterocycles. The number of fused-ring (bicyclic) bond motifs is 1. The number of rotatable bonds is 4. The quantitative estimate of drug-likeness (QED) is 0.882. The van der Waals surface area contributed by atoms with Crippen LogP contribution in [0.15, 0.2) is 42.5 Å². The van der Waals surface area contributed by atoms with Gasteiger partial charge in [0, 0.05) is 12.1 Å². The van der Waals surface area contributed by atoms with Crippen LogP contribution < -0.4 is 10.1 Å². The van der Waals surface area contributed by atoms with Crippen LogP contribution in [0.1, 0.15) is 27.9 Å². The van der Waals surface area contributed by atoms with Crippen LogP contribution in [0.3, 0.4) is 0 Å². The molecule has 0 saturated carbocycles. The second-order valence-corrected chi connectivity index (χ2v) is 5.35. The number of anilines is 1. The molecule has 2 aromatic rings. The van der Waals surface area contributed by atoms with Gasteiger partial charge in [0.1, 0.15) is 12.4 Å². The molecule has 1 aliphatic rings. The summed E-state index contributed by atoms with van der Waals surface area (Å²) in [4.78, 5) is 23.5. The smallest absolute Gasteiger partial charge is 0.338 e. The molecule has 0 fully saturated rings. The van der Waals surface area contributed by atoms with Crippen molar-refractivity contribution in [1.29, 1.82) is 0 Å². The van der Waals surface area contributed by atoms with E-state index in [1.807, 2.05) is 24.3 Å². The van der Waals surface area contributed by atoms with Gasteiger partial charge in [0.15, 0.2) is 0 Å². The van der Waals surface area contributed by atoms with E-state index in [-0.39, 0.29) is 18.5 Å². The molecule has 0 aromatic heterocycles. The third kappa shape index (κ3) is 3.51. The number of methoxy groups -OCH3 is 1. The average Bonchev–Trinajstić information content (AvgIpc) is 2.59. The van der Waals surface area contributed by atoms with Crippen LogP contribution in [-0.4, -0.2) is 19.0 Å². The molecule has 0 atom stereocenters. The van der Waals surface area contributed by atoms with Crippen molar-refractivity contribution in [3.8, 4) is 5.75 Å². The van der Waals surface area contributed by atoms with Gasteiger partial charge in [-0.15, -0.1) is 0 Å². The Hall–Kier alpha value is -2.82. The lowest BCUT2D eigenvalue weighted by molar-refractivity contribution is -0.116. The predicted molar refractivity (Wildman–Crippen MR) is 85.5 cm³/mol. The summed E-state index contributed by atoms with van der Waals surface area (Å²) in [6.45, 7) is 0.184.